The maximum atomic E-state index is 14.2. The van der Waals surface area contributed by atoms with Crippen molar-refractivity contribution in [2.45, 2.75) is 108 Å². The molecule has 20 nitrogen and oxygen atoms in total. The number of hydrogen-bond donors (Lipinski definition) is 2. The molecule has 0 bridgehead atoms. The maximum Gasteiger partial charge on any atom is 0.355 e. The standard InChI is InChI=1S/C50H65N3O17Si/c1-63-40(55)18-15-32-28-53(30-54)50(37(32)25-45(60)68-6,27-39-35(23-43(58)66-4)34(17-20-42(57)65-3)46(52-39)48(61)69-21-22-71(7,8)9)26-38-33(16-19-41(56)64-2)36(24-44(59)67-5)47(51-38)49(62)70-29-31-13-11-10-12-14-31/h10-14,30,51-52H,15-29H2,1-9H3. The van der Waals surface area contributed by atoms with Crippen LogP contribution in [0.2, 0.25) is 25.7 Å². The molecule has 71 heavy (non-hydrogen) atoms. The fraction of sp³-hybridized carbons (Fsp3) is 0.500. The Morgan fingerprint density at radius 3 is 1.58 bits per heavy atom. The van der Waals surface area contributed by atoms with Crippen molar-refractivity contribution in [3.63, 3.8) is 0 Å². The van der Waals surface area contributed by atoms with Gasteiger partial charge < -0.3 is 52.8 Å². The number of methoxy groups -OCH3 is 6. The average Bonchev–Trinajstić information content (AvgIpc) is 3.97. The van der Waals surface area contributed by atoms with Gasteiger partial charge in [-0.1, -0.05) is 50.0 Å². The van der Waals surface area contributed by atoms with Crippen LogP contribution in [0.3, 0.4) is 0 Å². The number of amides is 1. The molecule has 0 aliphatic carbocycles. The zero-order valence-electron chi connectivity index (χ0n) is 42.0. The highest BCUT2D eigenvalue weighted by Crippen LogP contribution is 2.45. The largest absolute Gasteiger partial charge is 0.469 e. The molecule has 0 fully saturated rings. The molecule has 1 aliphatic rings. The summed E-state index contributed by atoms with van der Waals surface area (Å²) >= 11 is 0. The molecule has 0 radical (unpaired) electrons. The van der Waals surface area contributed by atoms with Crippen LogP contribution in [0.5, 0.6) is 0 Å². The lowest BCUT2D eigenvalue weighted by atomic mass is 9.77. The summed E-state index contributed by atoms with van der Waals surface area (Å²) in [5.74, 6) is -5.66. The van der Waals surface area contributed by atoms with E-state index in [9.17, 15) is 43.2 Å². The van der Waals surface area contributed by atoms with Crippen molar-refractivity contribution in [1.29, 1.82) is 0 Å². The van der Waals surface area contributed by atoms with Gasteiger partial charge in [0.25, 0.3) is 0 Å². The highest BCUT2D eigenvalue weighted by atomic mass is 28.3. The van der Waals surface area contributed by atoms with Crippen molar-refractivity contribution in [3.05, 3.63) is 92.1 Å². The van der Waals surface area contributed by atoms with E-state index in [0.29, 0.717) is 34.7 Å². The number of ether oxygens (including phenoxy) is 8. The van der Waals surface area contributed by atoms with Gasteiger partial charge in [-0.3, -0.25) is 33.6 Å². The van der Waals surface area contributed by atoms with Crippen molar-refractivity contribution >= 4 is 62.2 Å². The Hall–Kier alpha value is -7.03. The maximum absolute atomic E-state index is 14.2. The molecule has 3 aromatic rings. The monoisotopic (exact) mass is 1010 g/mol. The van der Waals surface area contributed by atoms with Crippen molar-refractivity contribution in [2.24, 2.45) is 0 Å². The molecule has 0 saturated heterocycles. The second-order valence-electron chi connectivity index (χ2n) is 18.1. The van der Waals surface area contributed by atoms with Crippen molar-refractivity contribution in [2.75, 3.05) is 55.8 Å². The van der Waals surface area contributed by atoms with Crippen LogP contribution in [0, 0.1) is 0 Å². The summed E-state index contributed by atoms with van der Waals surface area (Å²) in [7, 11) is 5.47. The number of benzene rings is 1. The van der Waals surface area contributed by atoms with Crippen LogP contribution in [0.4, 0.5) is 0 Å². The Morgan fingerprint density at radius 2 is 1.06 bits per heavy atom. The molecule has 21 heteroatoms. The summed E-state index contributed by atoms with van der Waals surface area (Å²) in [4.78, 5) is 128. The molecule has 0 spiro atoms. The number of aromatic amines is 2. The number of nitrogens with one attached hydrogen (secondary N) is 2. The van der Waals surface area contributed by atoms with E-state index in [4.69, 9.17) is 37.9 Å². The molecule has 1 aliphatic heterocycles. The molecule has 386 valence electrons. The SMILES string of the molecule is COC(=O)CCC1=C(CC(=O)OC)C(Cc2[nH]c(C(=O)OCC[Si](C)(C)C)c(CCC(=O)OC)c2CC(=O)OC)(Cc2[nH]c(C(=O)OCc3ccccc3)c(CC(=O)OC)c2CCC(=O)OC)N(C=O)C1. The van der Waals surface area contributed by atoms with Gasteiger partial charge in [-0.05, 0) is 64.3 Å². The highest BCUT2D eigenvalue weighted by Gasteiger charge is 2.49. The Morgan fingerprint density at radius 1 is 0.592 bits per heavy atom. The lowest BCUT2D eigenvalue weighted by molar-refractivity contribution is -0.141. The smallest absolute Gasteiger partial charge is 0.355 e. The Bertz CT molecular complexity index is 2470. The van der Waals surface area contributed by atoms with Crippen LogP contribution in [-0.2, 0) is 117 Å². The topological polar surface area (TPSA) is 262 Å². The van der Waals surface area contributed by atoms with Crippen molar-refractivity contribution in [3.8, 4) is 0 Å². The zero-order valence-corrected chi connectivity index (χ0v) is 43.0. The predicted molar refractivity (Wildman–Crippen MR) is 256 cm³/mol. The van der Waals surface area contributed by atoms with E-state index in [0.717, 1.165) is 0 Å². The third kappa shape index (κ3) is 15.2. The van der Waals surface area contributed by atoms with Crippen LogP contribution in [0.25, 0.3) is 0 Å². The molecule has 1 aromatic carbocycles. The predicted octanol–water partition coefficient (Wildman–Crippen LogP) is 4.65. The Balaban J connectivity index is 2.14. The van der Waals surface area contributed by atoms with Gasteiger partial charge in [0.15, 0.2) is 0 Å². The molecule has 4 rings (SSSR count). The van der Waals surface area contributed by atoms with Gasteiger partial charge >= 0.3 is 47.8 Å². The molecular weight excluding hydrogens is 943 g/mol. The summed E-state index contributed by atoms with van der Waals surface area (Å²) < 4.78 is 41.8. The molecular formula is C50H65N3O17Si. The first-order valence-electron chi connectivity index (χ1n) is 23.0. The van der Waals surface area contributed by atoms with E-state index in [1.165, 1.54) is 47.6 Å². The van der Waals surface area contributed by atoms with Crippen LogP contribution >= 0.6 is 0 Å². The van der Waals surface area contributed by atoms with Gasteiger partial charge in [0.1, 0.15) is 18.0 Å². The number of carbonyl (C=O) groups is 9. The van der Waals surface area contributed by atoms with E-state index in [1.807, 2.05) is 0 Å². The van der Waals surface area contributed by atoms with E-state index in [2.05, 4.69) is 29.6 Å². The summed E-state index contributed by atoms with van der Waals surface area (Å²) in [5, 5.41) is 0. The summed E-state index contributed by atoms with van der Waals surface area (Å²) in [6.07, 6.45) is -2.19. The number of nitrogens with zero attached hydrogens (tertiary/aromatic N) is 1. The third-order valence-electron chi connectivity index (χ3n) is 12.4. The van der Waals surface area contributed by atoms with Gasteiger partial charge in [0.05, 0.1) is 74.1 Å². The van der Waals surface area contributed by atoms with Gasteiger partial charge in [-0.25, -0.2) is 9.59 Å². The molecule has 2 aromatic heterocycles. The minimum Gasteiger partial charge on any atom is -0.469 e. The fourth-order valence-electron chi connectivity index (χ4n) is 8.56. The number of esters is 8. The lowest BCUT2D eigenvalue weighted by Crippen LogP contribution is -2.50. The molecule has 2 N–H and O–H groups in total. The zero-order chi connectivity index (χ0) is 52.5. The quantitative estimate of drug-likeness (QED) is 0.0346. The second-order valence-corrected chi connectivity index (χ2v) is 23.7. The van der Waals surface area contributed by atoms with Crippen LogP contribution in [-0.4, -0.2) is 138 Å². The van der Waals surface area contributed by atoms with Crippen molar-refractivity contribution < 1.29 is 81.0 Å². The lowest BCUT2D eigenvalue weighted by Gasteiger charge is -2.39. The van der Waals surface area contributed by atoms with Crippen LogP contribution in [0.1, 0.15) is 92.3 Å². The molecule has 1 atom stereocenters. The van der Waals surface area contributed by atoms with E-state index < -0.39 is 80.6 Å². The summed E-state index contributed by atoms with van der Waals surface area (Å²) in [6, 6.07) is 9.47. The highest BCUT2D eigenvalue weighted by molar-refractivity contribution is 6.76. The fourth-order valence-corrected chi connectivity index (χ4v) is 9.28. The van der Waals surface area contributed by atoms with Crippen LogP contribution in [0.15, 0.2) is 41.5 Å². The third-order valence-corrected chi connectivity index (χ3v) is 14.1. The van der Waals surface area contributed by atoms with Crippen LogP contribution < -0.4 is 0 Å². The first-order chi connectivity index (χ1) is 33.8. The number of rotatable bonds is 27. The van der Waals surface area contributed by atoms with Gasteiger partial charge in [0, 0.05) is 58.1 Å². The van der Waals surface area contributed by atoms with E-state index in [-0.39, 0.29) is 111 Å². The van der Waals surface area contributed by atoms with Gasteiger partial charge in [-0.2, -0.15) is 0 Å². The minimum absolute atomic E-state index is 0.00839. The normalized spacial score (nSPS) is 14.4. The first-order valence-corrected chi connectivity index (χ1v) is 26.7. The van der Waals surface area contributed by atoms with E-state index in [1.54, 1.807) is 30.3 Å². The molecule has 3 heterocycles. The number of hydrogen-bond acceptors (Lipinski definition) is 17. The van der Waals surface area contributed by atoms with Gasteiger partial charge in [-0.15, -0.1) is 0 Å². The van der Waals surface area contributed by atoms with Gasteiger partial charge in [0.2, 0.25) is 6.41 Å². The molecule has 1 amide bonds. The minimum atomic E-state index is -1.70. The summed E-state index contributed by atoms with van der Waals surface area (Å²) in [6.45, 7) is 6.13. The molecule has 1 unspecified atom stereocenters. The Kier molecular flexibility index (Phi) is 20.9. The number of aromatic nitrogens is 2. The van der Waals surface area contributed by atoms with Crippen molar-refractivity contribution in [1.82, 2.24) is 14.9 Å². The molecule has 0 saturated carbocycles. The average molecular weight is 1010 g/mol. The first kappa shape index (κ1) is 56.6. The number of carbonyl (C=O) groups excluding carboxylic acids is 9. The summed E-state index contributed by atoms with van der Waals surface area (Å²) in [5.41, 5.74) is 0.849. The van der Waals surface area contributed by atoms with E-state index >= 15 is 0 Å². The Labute approximate surface area is 413 Å². The second kappa shape index (κ2) is 26.3. The number of H-pyrrole nitrogens is 2.